The van der Waals surface area contributed by atoms with Gasteiger partial charge in [0, 0.05) is 11.3 Å². The third kappa shape index (κ3) is 1.76. The molecule has 0 radical (unpaired) electrons. The molecule has 3 rings (SSSR count). The summed E-state index contributed by atoms with van der Waals surface area (Å²) in [6.07, 6.45) is 0. The number of hydrogen-bond donors (Lipinski definition) is 2. The van der Waals surface area contributed by atoms with Crippen LogP contribution < -0.4 is 10.6 Å². The third-order valence-corrected chi connectivity index (χ3v) is 2.93. The van der Waals surface area contributed by atoms with Gasteiger partial charge in [0.1, 0.15) is 0 Å². The van der Waals surface area contributed by atoms with E-state index in [4.69, 9.17) is 0 Å². The van der Waals surface area contributed by atoms with Gasteiger partial charge in [-0.15, -0.1) is 0 Å². The van der Waals surface area contributed by atoms with Gasteiger partial charge in [0.15, 0.2) is 0 Å². The maximum Gasteiger partial charge on any atom is 0.320 e. The van der Waals surface area contributed by atoms with Crippen molar-refractivity contribution in [3.8, 4) is 0 Å². The molecule has 0 spiro atoms. The second-order valence-corrected chi connectivity index (χ2v) is 4.03. The summed E-state index contributed by atoms with van der Waals surface area (Å²) in [5.74, 6) is 0. The van der Waals surface area contributed by atoms with E-state index in [1.165, 1.54) is 0 Å². The summed E-state index contributed by atoms with van der Waals surface area (Å²) < 4.78 is 0. The molecule has 1 aliphatic heterocycles. The van der Waals surface area contributed by atoms with E-state index in [0.717, 1.165) is 16.8 Å². The van der Waals surface area contributed by atoms with Crippen molar-refractivity contribution < 1.29 is 4.79 Å². The minimum Gasteiger partial charge on any atom is -0.327 e. The van der Waals surface area contributed by atoms with E-state index in [9.17, 15) is 4.79 Å². The van der Waals surface area contributed by atoms with Crippen LogP contribution in [-0.2, 0) is 0 Å². The van der Waals surface area contributed by atoms with Crippen LogP contribution in [0.4, 0.5) is 10.5 Å². The highest BCUT2D eigenvalue weighted by Crippen LogP contribution is 2.30. The van der Waals surface area contributed by atoms with Crippen LogP contribution in [0, 0.1) is 0 Å². The molecule has 0 saturated carbocycles. The van der Waals surface area contributed by atoms with Gasteiger partial charge in [-0.25, -0.2) is 4.79 Å². The number of para-hydroxylation sites is 1. The van der Waals surface area contributed by atoms with Crippen LogP contribution in [0.2, 0.25) is 0 Å². The molecule has 84 valence electrons. The molecule has 2 amide bonds. The lowest BCUT2D eigenvalue weighted by molar-refractivity contribution is 0.249. The molecule has 3 heteroatoms. The van der Waals surface area contributed by atoms with Crippen LogP contribution in [0.15, 0.2) is 54.6 Å². The molecule has 1 atom stereocenters. The zero-order valence-corrected chi connectivity index (χ0v) is 9.18. The van der Waals surface area contributed by atoms with Crippen molar-refractivity contribution >= 4 is 11.7 Å². The highest BCUT2D eigenvalue weighted by molar-refractivity contribution is 5.93. The lowest BCUT2D eigenvalue weighted by Gasteiger charge is -2.27. The van der Waals surface area contributed by atoms with Crippen molar-refractivity contribution in [1.29, 1.82) is 0 Å². The Kier molecular flexibility index (Phi) is 2.29. The fraction of sp³-hybridized carbons (Fsp3) is 0.0714. The predicted octanol–water partition coefficient (Wildman–Crippen LogP) is 2.91. The summed E-state index contributed by atoms with van der Waals surface area (Å²) in [5, 5.41) is 5.75. The van der Waals surface area contributed by atoms with Crippen molar-refractivity contribution in [3.63, 3.8) is 0 Å². The minimum atomic E-state index is -0.155. The Hall–Kier alpha value is -2.29. The Bertz CT molecular complexity index is 551. The van der Waals surface area contributed by atoms with Crippen molar-refractivity contribution in [3.05, 3.63) is 65.7 Å². The molecular weight excluding hydrogens is 212 g/mol. The Morgan fingerprint density at radius 1 is 0.882 bits per heavy atom. The van der Waals surface area contributed by atoms with Crippen molar-refractivity contribution in [2.24, 2.45) is 0 Å². The number of hydrogen-bond acceptors (Lipinski definition) is 1. The Morgan fingerprint density at radius 2 is 1.59 bits per heavy atom. The second-order valence-electron chi connectivity index (χ2n) is 4.03. The number of benzene rings is 2. The monoisotopic (exact) mass is 224 g/mol. The predicted molar refractivity (Wildman–Crippen MR) is 66.9 cm³/mol. The number of amides is 2. The van der Waals surface area contributed by atoms with Gasteiger partial charge in [0.2, 0.25) is 0 Å². The average molecular weight is 224 g/mol. The smallest absolute Gasteiger partial charge is 0.320 e. The number of fused-ring (bicyclic) bond motifs is 1. The SMILES string of the molecule is O=C1Nc2ccccc2[C@H](c2ccccc2)N1. The molecule has 1 aliphatic rings. The maximum atomic E-state index is 11.6. The van der Waals surface area contributed by atoms with Crippen molar-refractivity contribution in [1.82, 2.24) is 5.32 Å². The first-order chi connectivity index (χ1) is 8.34. The first-order valence-corrected chi connectivity index (χ1v) is 5.56. The molecule has 1 heterocycles. The molecule has 2 aromatic rings. The van der Waals surface area contributed by atoms with E-state index in [1.54, 1.807) is 0 Å². The summed E-state index contributed by atoms with van der Waals surface area (Å²) in [6, 6.07) is 17.6. The van der Waals surface area contributed by atoms with Gasteiger partial charge in [-0.2, -0.15) is 0 Å². The first kappa shape index (κ1) is 9.90. The van der Waals surface area contributed by atoms with E-state index in [0.29, 0.717) is 0 Å². The van der Waals surface area contributed by atoms with Crippen LogP contribution in [-0.4, -0.2) is 6.03 Å². The Balaban J connectivity index is 2.10. The zero-order chi connectivity index (χ0) is 11.7. The molecule has 17 heavy (non-hydrogen) atoms. The van der Waals surface area contributed by atoms with E-state index >= 15 is 0 Å². The number of urea groups is 1. The summed E-state index contributed by atoms with van der Waals surface area (Å²) in [7, 11) is 0. The molecule has 2 aromatic carbocycles. The topological polar surface area (TPSA) is 41.1 Å². The molecule has 0 aliphatic carbocycles. The summed E-state index contributed by atoms with van der Waals surface area (Å²) in [5.41, 5.74) is 3.07. The highest BCUT2D eigenvalue weighted by Gasteiger charge is 2.24. The van der Waals surface area contributed by atoms with Crippen molar-refractivity contribution in [2.45, 2.75) is 6.04 Å². The van der Waals surface area contributed by atoms with E-state index < -0.39 is 0 Å². The lowest BCUT2D eigenvalue weighted by Crippen LogP contribution is -2.38. The van der Waals surface area contributed by atoms with Gasteiger partial charge in [0.25, 0.3) is 0 Å². The van der Waals surface area contributed by atoms with E-state index in [1.807, 2.05) is 54.6 Å². The van der Waals surface area contributed by atoms with Gasteiger partial charge in [-0.05, 0) is 11.6 Å². The normalized spacial score (nSPS) is 17.9. The van der Waals surface area contributed by atoms with Crippen LogP contribution in [0.1, 0.15) is 17.2 Å². The van der Waals surface area contributed by atoms with Gasteiger partial charge < -0.3 is 10.6 Å². The quantitative estimate of drug-likeness (QED) is 0.768. The van der Waals surface area contributed by atoms with Crippen LogP contribution in [0.3, 0.4) is 0 Å². The van der Waals surface area contributed by atoms with E-state index in [-0.39, 0.29) is 12.1 Å². The van der Waals surface area contributed by atoms with Crippen LogP contribution >= 0.6 is 0 Å². The number of carbonyl (C=O) groups is 1. The number of carbonyl (C=O) groups excluding carboxylic acids is 1. The van der Waals surface area contributed by atoms with Gasteiger partial charge in [-0.1, -0.05) is 48.5 Å². The first-order valence-electron chi connectivity index (χ1n) is 5.56. The van der Waals surface area contributed by atoms with Gasteiger partial charge in [-0.3, -0.25) is 0 Å². The minimum absolute atomic E-state index is 0.0684. The number of nitrogens with one attached hydrogen (secondary N) is 2. The Labute approximate surface area is 99.5 Å². The molecule has 0 aromatic heterocycles. The fourth-order valence-electron chi connectivity index (χ4n) is 2.14. The van der Waals surface area contributed by atoms with Gasteiger partial charge in [0.05, 0.1) is 6.04 Å². The molecule has 0 bridgehead atoms. The van der Waals surface area contributed by atoms with Crippen LogP contribution in [0.25, 0.3) is 0 Å². The average Bonchev–Trinajstić information content (AvgIpc) is 2.39. The molecule has 2 N–H and O–H groups in total. The maximum absolute atomic E-state index is 11.6. The third-order valence-electron chi connectivity index (χ3n) is 2.93. The summed E-state index contributed by atoms with van der Waals surface area (Å²) in [4.78, 5) is 11.6. The fourth-order valence-corrected chi connectivity index (χ4v) is 2.14. The molecular formula is C14H12N2O. The summed E-state index contributed by atoms with van der Waals surface area (Å²) >= 11 is 0. The number of rotatable bonds is 1. The van der Waals surface area contributed by atoms with Crippen LogP contribution in [0.5, 0.6) is 0 Å². The second kappa shape index (κ2) is 3.94. The highest BCUT2D eigenvalue weighted by atomic mass is 16.2. The van der Waals surface area contributed by atoms with Crippen molar-refractivity contribution in [2.75, 3.05) is 5.32 Å². The molecule has 0 saturated heterocycles. The summed E-state index contributed by atoms with van der Waals surface area (Å²) in [6.45, 7) is 0. The molecule has 0 fully saturated rings. The van der Waals surface area contributed by atoms with Gasteiger partial charge >= 0.3 is 6.03 Å². The number of anilines is 1. The molecule has 3 nitrogen and oxygen atoms in total. The standard InChI is InChI=1S/C14H12N2O/c17-14-15-12-9-5-4-8-11(12)13(16-14)10-6-2-1-3-7-10/h1-9,13H,(H2,15,16,17)/t13-/m0/s1. The van der Waals surface area contributed by atoms with E-state index in [2.05, 4.69) is 10.6 Å². The zero-order valence-electron chi connectivity index (χ0n) is 9.18. The largest absolute Gasteiger partial charge is 0.327 e. The lowest BCUT2D eigenvalue weighted by atomic mass is 9.96. The molecule has 0 unspecified atom stereocenters. The Morgan fingerprint density at radius 3 is 2.41 bits per heavy atom.